The first-order valence-corrected chi connectivity index (χ1v) is 6.80. The molecular weight excluding hydrogens is 267 g/mol. The van der Waals surface area contributed by atoms with E-state index < -0.39 is 0 Å². The number of aryl methyl sites for hydroxylation is 1. The van der Waals surface area contributed by atoms with E-state index in [-0.39, 0.29) is 11.7 Å². The summed E-state index contributed by atoms with van der Waals surface area (Å²) in [5.74, 6) is -0.430. The highest BCUT2D eigenvalue weighted by atomic mass is 19.1. The van der Waals surface area contributed by atoms with Crippen molar-refractivity contribution >= 4 is 5.91 Å². The highest BCUT2D eigenvalue weighted by Gasteiger charge is 2.13. The van der Waals surface area contributed by atoms with Crippen LogP contribution in [0.2, 0.25) is 0 Å². The molecular formula is C17H19FN2O. The van der Waals surface area contributed by atoms with Crippen molar-refractivity contribution in [2.24, 2.45) is 5.73 Å². The molecule has 0 fully saturated rings. The smallest absolute Gasteiger partial charge is 0.253 e. The molecule has 21 heavy (non-hydrogen) atoms. The first kappa shape index (κ1) is 15.2. The predicted octanol–water partition coefficient (Wildman–Crippen LogP) is 2.87. The molecule has 0 aliphatic heterocycles. The summed E-state index contributed by atoms with van der Waals surface area (Å²) in [6, 6.07) is 12.2. The average Bonchev–Trinajstić information content (AvgIpc) is 2.49. The van der Waals surface area contributed by atoms with E-state index in [0.29, 0.717) is 24.2 Å². The van der Waals surface area contributed by atoms with Gasteiger partial charge in [-0.3, -0.25) is 4.79 Å². The second kappa shape index (κ2) is 6.50. The van der Waals surface area contributed by atoms with Crippen LogP contribution >= 0.6 is 0 Å². The Bertz CT molecular complexity index is 655. The average molecular weight is 286 g/mol. The Kier molecular flexibility index (Phi) is 4.70. The molecule has 2 N–H and O–H groups in total. The van der Waals surface area contributed by atoms with Crippen molar-refractivity contribution in [3.8, 4) is 0 Å². The largest absolute Gasteiger partial charge is 0.337 e. The van der Waals surface area contributed by atoms with Gasteiger partial charge in [-0.15, -0.1) is 0 Å². The summed E-state index contributed by atoms with van der Waals surface area (Å²) >= 11 is 0. The topological polar surface area (TPSA) is 46.3 Å². The van der Waals surface area contributed by atoms with Gasteiger partial charge in [-0.05, 0) is 41.8 Å². The lowest BCUT2D eigenvalue weighted by Gasteiger charge is -2.18. The fourth-order valence-electron chi connectivity index (χ4n) is 2.20. The third-order valence-electron chi connectivity index (χ3n) is 3.40. The quantitative estimate of drug-likeness (QED) is 0.939. The Balaban J connectivity index is 2.13. The number of halogens is 1. The Hall–Kier alpha value is -2.20. The lowest BCUT2D eigenvalue weighted by molar-refractivity contribution is 0.0785. The van der Waals surface area contributed by atoms with E-state index in [1.807, 2.05) is 24.3 Å². The van der Waals surface area contributed by atoms with Gasteiger partial charge in [0.25, 0.3) is 5.91 Å². The van der Waals surface area contributed by atoms with Crippen LogP contribution in [0.3, 0.4) is 0 Å². The van der Waals surface area contributed by atoms with Gasteiger partial charge in [0, 0.05) is 25.7 Å². The van der Waals surface area contributed by atoms with Crippen molar-refractivity contribution in [1.29, 1.82) is 0 Å². The number of hydrogen-bond donors (Lipinski definition) is 1. The van der Waals surface area contributed by atoms with Crippen LogP contribution in [0.4, 0.5) is 4.39 Å². The SMILES string of the molecule is Cc1cc(C(=O)N(C)Cc2cccc(CN)c2)ccc1F. The first-order chi connectivity index (χ1) is 10.0. The molecule has 1 amide bonds. The molecule has 0 saturated carbocycles. The number of nitrogens with two attached hydrogens (primary N) is 1. The molecule has 4 heteroatoms. The van der Waals surface area contributed by atoms with Gasteiger partial charge in [0.05, 0.1) is 0 Å². The van der Waals surface area contributed by atoms with Gasteiger partial charge < -0.3 is 10.6 Å². The number of benzene rings is 2. The standard InChI is InChI=1S/C17H19FN2O/c1-12-8-15(6-7-16(12)18)17(21)20(2)11-14-5-3-4-13(9-14)10-19/h3-9H,10-11,19H2,1-2H3. The minimum atomic E-state index is -0.301. The van der Waals surface area contributed by atoms with Crippen molar-refractivity contribution in [3.63, 3.8) is 0 Å². The summed E-state index contributed by atoms with van der Waals surface area (Å²) in [7, 11) is 1.73. The predicted molar refractivity (Wildman–Crippen MR) is 81.3 cm³/mol. The molecule has 0 unspecified atom stereocenters. The zero-order valence-corrected chi connectivity index (χ0v) is 12.3. The maximum Gasteiger partial charge on any atom is 0.253 e. The van der Waals surface area contributed by atoms with Gasteiger partial charge in [-0.1, -0.05) is 24.3 Å². The minimum Gasteiger partial charge on any atom is -0.337 e. The Morgan fingerprint density at radius 1 is 1.19 bits per heavy atom. The number of rotatable bonds is 4. The summed E-state index contributed by atoms with van der Waals surface area (Å²) in [6.07, 6.45) is 0. The van der Waals surface area contributed by atoms with E-state index in [4.69, 9.17) is 5.73 Å². The van der Waals surface area contributed by atoms with Gasteiger partial charge in [-0.2, -0.15) is 0 Å². The van der Waals surface area contributed by atoms with Crippen LogP contribution in [-0.4, -0.2) is 17.9 Å². The molecule has 2 aromatic carbocycles. The second-order valence-corrected chi connectivity index (χ2v) is 5.15. The second-order valence-electron chi connectivity index (χ2n) is 5.15. The molecule has 0 radical (unpaired) electrons. The molecule has 0 aromatic heterocycles. The zero-order chi connectivity index (χ0) is 15.4. The zero-order valence-electron chi connectivity index (χ0n) is 12.3. The number of nitrogens with zero attached hydrogens (tertiary/aromatic N) is 1. The highest BCUT2D eigenvalue weighted by molar-refractivity contribution is 5.94. The number of carbonyl (C=O) groups excluding carboxylic acids is 1. The summed E-state index contributed by atoms with van der Waals surface area (Å²) < 4.78 is 13.3. The van der Waals surface area contributed by atoms with Crippen molar-refractivity contribution in [2.45, 2.75) is 20.0 Å². The fourth-order valence-corrected chi connectivity index (χ4v) is 2.20. The third kappa shape index (κ3) is 3.67. The fraction of sp³-hybridized carbons (Fsp3) is 0.235. The van der Waals surface area contributed by atoms with Crippen LogP contribution in [0, 0.1) is 12.7 Å². The molecule has 3 nitrogen and oxygen atoms in total. The molecule has 0 aliphatic carbocycles. The van der Waals surface area contributed by atoms with E-state index >= 15 is 0 Å². The maximum atomic E-state index is 13.3. The molecule has 0 saturated heterocycles. The monoisotopic (exact) mass is 286 g/mol. The van der Waals surface area contributed by atoms with Gasteiger partial charge in [0.15, 0.2) is 0 Å². The van der Waals surface area contributed by atoms with Gasteiger partial charge >= 0.3 is 0 Å². The van der Waals surface area contributed by atoms with E-state index in [1.54, 1.807) is 24.9 Å². The summed E-state index contributed by atoms with van der Waals surface area (Å²) in [5, 5.41) is 0. The van der Waals surface area contributed by atoms with Gasteiger partial charge in [0.1, 0.15) is 5.82 Å². The van der Waals surface area contributed by atoms with E-state index in [2.05, 4.69) is 0 Å². The lowest BCUT2D eigenvalue weighted by atomic mass is 10.1. The Morgan fingerprint density at radius 2 is 1.90 bits per heavy atom. The van der Waals surface area contributed by atoms with Crippen molar-refractivity contribution in [3.05, 3.63) is 70.5 Å². The van der Waals surface area contributed by atoms with E-state index in [1.165, 1.54) is 12.1 Å². The van der Waals surface area contributed by atoms with Crippen LogP contribution in [0.5, 0.6) is 0 Å². The van der Waals surface area contributed by atoms with Crippen LogP contribution in [0.1, 0.15) is 27.0 Å². The summed E-state index contributed by atoms with van der Waals surface area (Å²) in [4.78, 5) is 14.0. The van der Waals surface area contributed by atoms with E-state index in [9.17, 15) is 9.18 Å². The van der Waals surface area contributed by atoms with Crippen LogP contribution < -0.4 is 5.73 Å². The Morgan fingerprint density at radius 3 is 2.57 bits per heavy atom. The lowest BCUT2D eigenvalue weighted by Crippen LogP contribution is -2.26. The number of hydrogen-bond acceptors (Lipinski definition) is 2. The third-order valence-corrected chi connectivity index (χ3v) is 3.40. The summed E-state index contributed by atoms with van der Waals surface area (Å²) in [6.45, 7) is 2.61. The molecule has 110 valence electrons. The minimum absolute atomic E-state index is 0.128. The van der Waals surface area contributed by atoms with E-state index in [0.717, 1.165) is 11.1 Å². The number of carbonyl (C=O) groups is 1. The maximum absolute atomic E-state index is 13.3. The van der Waals surface area contributed by atoms with Gasteiger partial charge in [-0.25, -0.2) is 4.39 Å². The van der Waals surface area contributed by atoms with Crippen LogP contribution in [-0.2, 0) is 13.1 Å². The van der Waals surface area contributed by atoms with Crippen LogP contribution in [0.15, 0.2) is 42.5 Å². The van der Waals surface area contributed by atoms with Crippen molar-refractivity contribution in [2.75, 3.05) is 7.05 Å². The molecule has 0 bridgehead atoms. The summed E-state index contributed by atoms with van der Waals surface area (Å²) in [5.41, 5.74) is 8.63. The number of amides is 1. The van der Waals surface area contributed by atoms with Crippen LogP contribution in [0.25, 0.3) is 0 Å². The molecule has 0 atom stereocenters. The first-order valence-electron chi connectivity index (χ1n) is 6.80. The molecule has 2 rings (SSSR count). The van der Waals surface area contributed by atoms with Crippen molar-refractivity contribution in [1.82, 2.24) is 4.90 Å². The molecule has 0 spiro atoms. The highest BCUT2D eigenvalue weighted by Crippen LogP contribution is 2.13. The molecule has 0 aliphatic rings. The van der Waals surface area contributed by atoms with Gasteiger partial charge in [0.2, 0.25) is 0 Å². The Labute approximate surface area is 124 Å². The molecule has 2 aromatic rings. The molecule has 0 heterocycles. The van der Waals surface area contributed by atoms with Crippen molar-refractivity contribution < 1.29 is 9.18 Å². The normalized spacial score (nSPS) is 10.5.